The lowest BCUT2D eigenvalue weighted by Gasteiger charge is -2.28. The van der Waals surface area contributed by atoms with Gasteiger partial charge in [-0.25, -0.2) is 0 Å². The first-order valence-electron chi connectivity index (χ1n) is 6.87. The van der Waals surface area contributed by atoms with Crippen molar-refractivity contribution in [3.8, 4) is 0 Å². The highest BCUT2D eigenvalue weighted by molar-refractivity contribution is 5.99. The minimum Gasteiger partial charge on any atom is -0.370 e. The molecule has 100 valence electrons. The SMILES string of the molecule is CCOC(C(=O)c1cnn(C)c1)C1CCCCC1. The van der Waals surface area contributed by atoms with Crippen LogP contribution in [0.15, 0.2) is 12.4 Å². The Kier molecular flexibility index (Phi) is 4.53. The lowest BCUT2D eigenvalue weighted by atomic mass is 9.83. The van der Waals surface area contributed by atoms with Crippen molar-refractivity contribution in [1.29, 1.82) is 0 Å². The van der Waals surface area contributed by atoms with E-state index in [0.717, 1.165) is 12.8 Å². The first-order valence-corrected chi connectivity index (χ1v) is 6.87. The van der Waals surface area contributed by atoms with Gasteiger partial charge in [0.1, 0.15) is 6.10 Å². The van der Waals surface area contributed by atoms with Crippen molar-refractivity contribution >= 4 is 5.78 Å². The van der Waals surface area contributed by atoms with E-state index in [0.29, 0.717) is 18.1 Å². The maximum absolute atomic E-state index is 12.5. The Labute approximate surface area is 108 Å². The number of nitrogens with zero attached hydrogens (tertiary/aromatic N) is 2. The summed E-state index contributed by atoms with van der Waals surface area (Å²) in [5, 5.41) is 4.07. The summed E-state index contributed by atoms with van der Waals surface area (Å²) >= 11 is 0. The average Bonchev–Trinajstić information content (AvgIpc) is 2.83. The van der Waals surface area contributed by atoms with Crippen LogP contribution in [0.25, 0.3) is 0 Å². The van der Waals surface area contributed by atoms with Gasteiger partial charge in [-0.05, 0) is 25.7 Å². The molecule has 1 aromatic rings. The van der Waals surface area contributed by atoms with E-state index in [1.807, 2.05) is 14.0 Å². The lowest BCUT2D eigenvalue weighted by Crippen LogP contribution is -2.34. The highest BCUT2D eigenvalue weighted by atomic mass is 16.5. The number of hydrogen-bond acceptors (Lipinski definition) is 3. The van der Waals surface area contributed by atoms with Crippen LogP contribution in [0.1, 0.15) is 49.4 Å². The molecule has 2 rings (SSSR count). The quantitative estimate of drug-likeness (QED) is 0.754. The van der Waals surface area contributed by atoms with Gasteiger partial charge in [0.25, 0.3) is 0 Å². The molecular weight excluding hydrogens is 228 g/mol. The van der Waals surface area contributed by atoms with Crippen molar-refractivity contribution in [2.45, 2.75) is 45.1 Å². The molecule has 1 atom stereocenters. The van der Waals surface area contributed by atoms with Crippen molar-refractivity contribution in [2.24, 2.45) is 13.0 Å². The molecule has 4 nitrogen and oxygen atoms in total. The third-order valence-electron chi connectivity index (χ3n) is 3.67. The molecule has 0 saturated heterocycles. The number of ether oxygens (including phenoxy) is 1. The molecular formula is C14H22N2O2. The van der Waals surface area contributed by atoms with Gasteiger partial charge in [0.2, 0.25) is 0 Å². The second-order valence-corrected chi connectivity index (χ2v) is 5.04. The molecule has 1 heterocycles. The molecule has 0 spiro atoms. The average molecular weight is 250 g/mol. The van der Waals surface area contributed by atoms with Crippen LogP contribution in [0.4, 0.5) is 0 Å². The van der Waals surface area contributed by atoms with Crippen LogP contribution in [-0.4, -0.2) is 28.3 Å². The van der Waals surface area contributed by atoms with Crippen LogP contribution < -0.4 is 0 Å². The Morgan fingerprint density at radius 2 is 2.22 bits per heavy atom. The normalized spacial score (nSPS) is 18.8. The van der Waals surface area contributed by atoms with Gasteiger partial charge < -0.3 is 4.74 Å². The summed E-state index contributed by atoms with van der Waals surface area (Å²) in [4.78, 5) is 12.5. The van der Waals surface area contributed by atoms with Crippen molar-refractivity contribution in [3.05, 3.63) is 18.0 Å². The Morgan fingerprint density at radius 3 is 2.78 bits per heavy atom. The fourth-order valence-corrected chi connectivity index (χ4v) is 2.76. The van der Waals surface area contributed by atoms with E-state index in [2.05, 4.69) is 5.10 Å². The first kappa shape index (κ1) is 13.3. The minimum atomic E-state index is -0.278. The predicted molar refractivity (Wildman–Crippen MR) is 69.5 cm³/mol. The molecule has 1 fully saturated rings. The Morgan fingerprint density at radius 1 is 1.50 bits per heavy atom. The number of hydrogen-bond donors (Lipinski definition) is 0. The molecule has 0 aromatic carbocycles. The number of ketones is 1. The second kappa shape index (κ2) is 6.14. The van der Waals surface area contributed by atoms with E-state index >= 15 is 0 Å². The topological polar surface area (TPSA) is 44.1 Å². The van der Waals surface area contributed by atoms with E-state index in [1.54, 1.807) is 17.1 Å². The van der Waals surface area contributed by atoms with Gasteiger partial charge in [-0.1, -0.05) is 19.3 Å². The summed E-state index contributed by atoms with van der Waals surface area (Å²) < 4.78 is 7.38. The summed E-state index contributed by atoms with van der Waals surface area (Å²) in [5.41, 5.74) is 0.668. The molecule has 0 bridgehead atoms. The van der Waals surface area contributed by atoms with Gasteiger partial charge in [0, 0.05) is 19.9 Å². The number of aromatic nitrogens is 2. The number of carbonyl (C=O) groups is 1. The van der Waals surface area contributed by atoms with E-state index in [4.69, 9.17) is 4.74 Å². The molecule has 1 saturated carbocycles. The third kappa shape index (κ3) is 2.99. The van der Waals surface area contributed by atoms with Crippen LogP contribution in [0.2, 0.25) is 0 Å². The molecule has 1 aliphatic rings. The molecule has 0 N–H and O–H groups in total. The summed E-state index contributed by atoms with van der Waals surface area (Å²) in [6, 6.07) is 0. The summed E-state index contributed by atoms with van der Waals surface area (Å²) in [6.45, 7) is 2.54. The molecule has 0 radical (unpaired) electrons. The van der Waals surface area contributed by atoms with Crippen LogP contribution >= 0.6 is 0 Å². The van der Waals surface area contributed by atoms with Gasteiger partial charge in [0.05, 0.1) is 11.8 Å². The van der Waals surface area contributed by atoms with Gasteiger partial charge >= 0.3 is 0 Å². The molecule has 18 heavy (non-hydrogen) atoms. The van der Waals surface area contributed by atoms with Crippen LogP contribution in [0.3, 0.4) is 0 Å². The maximum Gasteiger partial charge on any atom is 0.194 e. The minimum absolute atomic E-state index is 0.0943. The van der Waals surface area contributed by atoms with E-state index in [9.17, 15) is 4.79 Å². The van der Waals surface area contributed by atoms with Crippen molar-refractivity contribution in [3.63, 3.8) is 0 Å². The molecule has 1 aromatic heterocycles. The number of carbonyl (C=O) groups excluding carboxylic acids is 1. The largest absolute Gasteiger partial charge is 0.370 e. The van der Waals surface area contributed by atoms with Crippen LogP contribution in [0.5, 0.6) is 0 Å². The number of Topliss-reactive ketones (excluding diaryl/α,β-unsaturated/α-hetero) is 1. The van der Waals surface area contributed by atoms with Crippen molar-refractivity contribution in [1.82, 2.24) is 9.78 Å². The molecule has 0 amide bonds. The first-order chi connectivity index (χ1) is 8.72. The van der Waals surface area contributed by atoms with Crippen LogP contribution in [0, 0.1) is 5.92 Å². The highest BCUT2D eigenvalue weighted by Crippen LogP contribution is 2.29. The van der Waals surface area contributed by atoms with Gasteiger partial charge in [-0.2, -0.15) is 5.10 Å². The van der Waals surface area contributed by atoms with E-state index < -0.39 is 0 Å². The fourth-order valence-electron chi connectivity index (χ4n) is 2.76. The smallest absolute Gasteiger partial charge is 0.194 e. The summed E-state index contributed by atoms with van der Waals surface area (Å²) in [6.07, 6.45) is 9.07. The number of aryl methyl sites for hydroxylation is 1. The Hall–Kier alpha value is -1.16. The molecule has 4 heteroatoms. The third-order valence-corrected chi connectivity index (χ3v) is 3.67. The molecule has 1 unspecified atom stereocenters. The van der Waals surface area contributed by atoms with Crippen molar-refractivity contribution < 1.29 is 9.53 Å². The molecule has 1 aliphatic carbocycles. The van der Waals surface area contributed by atoms with Gasteiger partial charge in [0.15, 0.2) is 5.78 Å². The summed E-state index contributed by atoms with van der Waals surface area (Å²) in [7, 11) is 1.83. The Balaban J connectivity index is 2.10. The lowest BCUT2D eigenvalue weighted by molar-refractivity contribution is 0.0127. The van der Waals surface area contributed by atoms with Crippen molar-refractivity contribution in [2.75, 3.05) is 6.61 Å². The number of rotatable bonds is 5. The predicted octanol–water partition coefficient (Wildman–Crippen LogP) is 2.59. The molecule has 0 aliphatic heterocycles. The van der Waals surface area contributed by atoms with E-state index in [-0.39, 0.29) is 11.9 Å². The summed E-state index contributed by atoms with van der Waals surface area (Å²) in [5.74, 6) is 0.475. The zero-order valence-corrected chi connectivity index (χ0v) is 11.3. The van der Waals surface area contributed by atoms with Gasteiger partial charge in [-0.3, -0.25) is 9.48 Å². The highest BCUT2D eigenvalue weighted by Gasteiger charge is 2.31. The standard InChI is InChI=1S/C14H22N2O2/c1-3-18-14(11-7-5-4-6-8-11)13(17)12-9-15-16(2)10-12/h9-11,14H,3-8H2,1-2H3. The zero-order chi connectivity index (χ0) is 13.0. The zero-order valence-electron chi connectivity index (χ0n) is 11.3. The Bertz CT molecular complexity index is 394. The van der Waals surface area contributed by atoms with Gasteiger partial charge in [-0.15, -0.1) is 0 Å². The maximum atomic E-state index is 12.5. The fraction of sp³-hybridized carbons (Fsp3) is 0.714. The van der Waals surface area contributed by atoms with E-state index in [1.165, 1.54) is 19.3 Å². The monoisotopic (exact) mass is 250 g/mol. The second-order valence-electron chi connectivity index (χ2n) is 5.04. The van der Waals surface area contributed by atoms with Crippen LogP contribution in [-0.2, 0) is 11.8 Å².